The molecule has 5 nitrogen and oxygen atoms in total. The van der Waals surface area contributed by atoms with E-state index in [1.165, 1.54) is 6.20 Å². The van der Waals surface area contributed by atoms with Gasteiger partial charge in [-0.25, -0.2) is 4.98 Å². The minimum atomic E-state index is 0.150. The summed E-state index contributed by atoms with van der Waals surface area (Å²) >= 11 is 0. The number of nitriles is 1. The Balaban J connectivity index is 2.86. The lowest BCUT2D eigenvalue weighted by molar-refractivity contribution is 1.12. The second-order valence-electron chi connectivity index (χ2n) is 2.16. The molecule has 3 N–H and O–H groups in total. The van der Waals surface area contributed by atoms with Gasteiger partial charge in [0.05, 0.1) is 12.7 Å². The molecule has 0 atom stereocenters. The lowest BCUT2D eigenvalue weighted by atomic mass is 10.3. The van der Waals surface area contributed by atoms with Crippen molar-refractivity contribution in [2.45, 2.75) is 0 Å². The van der Waals surface area contributed by atoms with Gasteiger partial charge in [0.1, 0.15) is 17.5 Å². The first-order valence-corrected chi connectivity index (χ1v) is 3.48. The monoisotopic (exact) mass is 173 g/mol. The first-order chi connectivity index (χ1) is 6.27. The van der Waals surface area contributed by atoms with Crippen LogP contribution in [0.25, 0.3) is 0 Å². The van der Waals surface area contributed by atoms with E-state index < -0.39 is 0 Å². The molecule has 1 aromatic heterocycles. The highest BCUT2D eigenvalue weighted by atomic mass is 15.1. The maximum Gasteiger partial charge on any atom is 0.225 e. The Morgan fingerprint density at radius 2 is 2.46 bits per heavy atom. The molecule has 1 heterocycles. The van der Waals surface area contributed by atoms with E-state index in [4.69, 9.17) is 17.4 Å². The second kappa shape index (κ2) is 3.93. The zero-order chi connectivity index (χ0) is 9.68. The summed E-state index contributed by atoms with van der Waals surface area (Å²) in [5.74, 6) is 2.85. The van der Waals surface area contributed by atoms with Crippen molar-refractivity contribution in [3.63, 3.8) is 0 Å². The number of aromatic nitrogens is 2. The van der Waals surface area contributed by atoms with Gasteiger partial charge in [0.15, 0.2) is 0 Å². The van der Waals surface area contributed by atoms with Crippen molar-refractivity contribution in [3.05, 3.63) is 11.8 Å². The molecule has 0 amide bonds. The van der Waals surface area contributed by atoms with Crippen molar-refractivity contribution in [1.29, 1.82) is 5.26 Å². The quantitative estimate of drug-likeness (QED) is 0.613. The Kier molecular flexibility index (Phi) is 2.67. The fourth-order valence-corrected chi connectivity index (χ4v) is 0.696. The molecule has 0 aliphatic heterocycles. The normalized spacial score (nSPS) is 8.46. The average Bonchev–Trinajstić information content (AvgIpc) is 2.15. The van der Waals surface area contributed by atoms with Crippen molar-refractivity contribution in [3.8, 4) is 18.4 Å². The molecule has 0 spiro atoms. The Labute approximate surface area is 75.6 Å². The maximum atomic E-state index is 8.52. The van der Waals surface area contributed by atoms with Crippen LogP contribution < -0.4 is 11.1 Å². The number of hydrogen-bond donors (Lipinski definition) is 2. The molecule has 0 saturated carbocycles. The van der Waals surface area contributed by atoms with E-state index in [0.717, 1.165) is 0 Å². The minimum Gasteiger partial charge on any atom is -0.382 e. The Hall–Kier alpha value is -2.27. The highest BCUT2D eigenvalue weighted by Crippen LogP contribution is 2.07. The van der Waals surface area contributed by atoms with Crippen LogP contribution in [-0.4, -0.2) is 16.5 Å². The van der Waals surface area contributed by atoms with Gasteiger partial charge in [-0.1, -0.05) is 5.92 Å². The number of nitrogen functional groups attached to an aromatic ring is 1. The first kappa shape index (κ1) is 8.82. The number of nitrogens with one attached hydrogen (secondary N) is 1. The Bertz CT molecular complexity index is 385. The van der Waals surface area contributed by atoms with Crippen LogP contribution >= 0.6 is 0 Å². The number of nitrogens with two attached hydrogens (primary N) is 1. The minimum absolute atomic E-state index is 0.150. The van der Waals surface area contributed by atoms with Gasteiger partial charge >= 0.3 is 0 Å². The van der Waals surface area contributed by atoms with Crippen LogP contribution in [0.3, 0.4) is 0 Å². The molecular formula is C8H7N5. The van der Waals surface area contributed by atoms with Gasteiger partial charge in [-0.05, 0) is 0 Å². The second-order valence-corrected chi connectivity index (χ2v) is 2.16. The van der Waals surface area contributed by atoms with Crippen LogP contribution in [-0.2, 0) is 0 Å². The van der Waals surface area contributed by atoms with Gasteiger partial charge in [-0.2, -0.15) is 10.2 Å². The lowest BCUT2D eigenvalue weighted by Gasteiger charge is -2.01. The van der Waals surface area contributed by atoms with E-state index in [1.807, 2.05) is 6.07 Å². The van der Waals surface area contributed by atoms with Crippen LogP contribution in [0.2, 0.25) is 0 Å². The van der Waals surface area contributed by atoms with E-state index in [1.54, 1.807) is 0 Å². The number of anilines is 2. The van der Waals surface area contributed by atoms with Gasteiger partial charge in [0, 0.05) is 0 Å². The van der Waals surface area contributed by atoms with E-state index in [2.05, 4.69) is 21.2 Å². The summed E-state index contributed by atoms with van der Waals surface area (Å²) in [7, 11) is 0. The summed E-state index contributed by atoms with van der Waals surface area (Å²) in [4.78, 5) is 7.65. The van der Waals surface area contributed by atoms with Crippen molar-refractivity contribution in [2.75, 3.05) is 17.6 Å². The first-order valence-electron chi connectivity index (χ1n) is 3.48. The predicted molar refractivity (Wildman–Crippen MR) is 48.5 cm³/mol. The molecular weight excluding hydrogens is 166 g/mol. The fourth-order valence-electron chi connectivity index (χ4n) is 0.696. The van der Waals surface area contributed by atoms with Gasteiger partial charge < -0.3 is 11.1 Å². The maximum absolute atomic E-state index is 8.52. The van der Waals surface area contributed by atoms with Crippen LogP contribution in [0.5, 0.6) is 0 Å². The summed E-state index contributed by atoms with van der Waals surface area (Å²) in [5.41, 5.74) is 5.69. The molecule has 1 aromatic rings. The van der Waals surface area contributed by atoms with Crippen LogP contribution in [0.1, 0.15) is 5.56 Å². The fraction of sp³-hybridized carbons (Fsp3) is 0.125. The van der Waals surface area contributed by atoms with E-state index in [-0.39, 0.29) is 11.4 Å². The van der Waals surface area contributed by atoms with E-state index in [0.29, 0.717) is 12.5 Å². The van der Waals surface area contributed by atoms with Gasteiger partial charge in [-0.15, -0.1) is 6.42 Å². The van der Waals surface area contributed by atoms with Crippen molar-refractivity contribution in [2.24, 2.45) is 0 Å². The van der Waals surface area contributed by atoms with Gasteiger partial charge in [0.2, 0.25) is 5.95 Å². The van der Waals surface area contributed by atoms with Crippen molar-refractivity contribution >= 4 is 11.8 Å². The topological polar surface area (TPSA) is 87.6 Å². The largest absolute Gasteiger partial charge is 0.382 e. The molecule has 0 unspecified atom stereocenters. The highest BCUT2D eigenvalue weighted by molar-refractivity contribution is 5.49. The Morgan fingerprint density at radius 1 is 1.69 bits per heavy atom. The molecule has 5 heteroatoms. The molecule has 64 valence electrons. The SMILES string of the molecule is C#CCNc1ncc(C#N)c(N)n1. The predicted octanol–water partition coefficient (Wildman–Crippen LogP) is -0.0244. The highest BCUT2D eigenvalue weighted by Gasteiger charge is 2.01. The Morgan fingerprint density at radius 3 is 3.00 bits per heavy atom. The third-order valence-corrected chi connectivity index (χ3v) is 1.29. The molecule has 0 bridgehead atoms. The molecule has 0 fully saturated rings. The summed E-state index contributed by atoms with van der Waals surface area (Å²) < 4.78 is 0. The van der Waals surface area contributed by atoms with Crippen LogP contribution in [0.4, 0.5) is 11.8 Å². The van der Waals surface area contributed by atoms with Crippen molar-refractivity contribution < 1.29 is 0 Å². The average molecular weight is 173 g/mol. The summed E-state index contributed by atoms with van der Waals surface area (Å²) in [5, 5.41) is 11.3. The van der Waals surface area contributed by atoms with Gasteiger partial charge in [-0.3, -0.25) is 0 Å². The summed E-state index contributed by atoms with van der Waals surface area (Å²) in [6, 6.07) is 1.86. The summed E-state index contributed by atoms with van der Waals surface area (Å²) in [6.45, 7) is 0.325. The molecule has 0 aliphatic carbocycles. The lowest BCUT2D eigenvalue weighted by Crippen LogP contribution is -2.06. The summed E-state index contributed by atoms with van der Waals surface area (Å²) in [6.07, 6.45) is 6.37. The zero-order valence-corrected chi connectivity index (χ0v) is 6.78. The smallest absolute Gasteiger partial charge is 0.225 e. The molecule has 0 aliphatic rings. The molecule has 13 heavy (non-hydrogen) atoms. The number of rotatable bonds is 2. The third-order valence-electron chi connectivity index (χ3n) is 1.29. The van der Waals surface area contributed by atoms with Crippen LogP contribution in [0, 0.1) is 23.7 Å². The molecule has 0 saturated heterocycles. The zero-order valence-electron chi connectivity index (χ0n) is 6.78. The van der Waals surface area contributed by atoms with Crippen LogP contribution in [0.15, 0.2) is 6.20 Å². The van der Waals surface area contributed by atoms with Gasteiger partial charge in [0.25, 0.3) is 0 Å². The number of nitrogens with zero attached hydrogens (tertiary/aromatic N) is 3. The number of terminal acetylenes is 1. The van der Waals surface area contributed by atoms with Crippen molar-refractivity contribution in [1.82, 2.24) is 9.97 Å². The molecule has 0 radical (unpaired) electrons. The van der Waals surface area contributed by atoms with E-state index >= 15 is 0 Å². The third kappa shape index (κ3) is 2.08. The number of hydrogen-bond acceptors (Lipinski definition) is 5. The van der Waals surface area contributed by atoms with E-state index in [9.17, 15) is 0 Å². The molecule has 0 aromatic carbocycles. The molecule has 1 rings (SSSR count). The standard InChI is InChI=1S/C8H7N5/c1-2-3-11-8-12-5-6(4-9)7(10)13-8/h1,5H,3H2,(H3,10,11,12,13).